The van der Waals surface area contributed by atoms with Crippen LogP contribution in [0.25, 0.3) is 0 Å². The third-order valence-electron chi connectivity index (χ3n) is 3.78. The van der Waals surface area contributed by atoms with Crippen LogP contribution in [-0.2, 0) is 0 Å². The van der Waals surface area contributed by atoms with Crippen molar-refractivity contribution in [3.05, 3.63) is 24.3 Å². The van der Waals surface area contributed by atoms with Gasteiger partial charge < -0.3 is 14.8 Å². The Morgan fingerprint density at radius 2 is 1.75 bits per heavy atom. The Labute approximate surface area is 122 Å². The molecule has 0 heterocycles. The number of benzene rings is 1. The molecular formula is C17H27NO2. The molecule has 2 atom stereocenters. The summed E-state index contributed by atoms with van der Waals surface area (Å²) in [4.78, 5) is 0. The van der Waals surface area contributed by atoms with E-state index in [1.807, 2.05) is 31.2 Å². The molecule has 1 N–H and O–H groups in total. The van der Waals surface area contributed by atoms with Gasteiger partial charge in [-0.25, -0.2) is 0 Å². The summed E-state index contributed by atoms with van der Waals surface area (Å²) in [5.74, 6) is 1.85. The van der Waals surface area contributed by atoms with E-state index < -0.39 is 0 Å². The highest BCUT2D eigenvalue weighted by molar-refractivity contribution is 5.31. The van der Waals surface area contributed by atoms with E-state index in [0.29, 0.717) is 18.8 Å². The molecule has 1 aliphatic rings. The molecular weight excluding hydrogens is 250 g/mol. The molecule has 3 heteroatoms. The van der Waals surface area contributed by atoms with E-state index in [-0.39, 0.29) is 0 Å². The minimum Gasteiger partial charge on any atom is -0.494 e. The molecule has 1 aromatic carbocycles. The van der Waals surface area contributed by atoms with Gasteiger partial charge in [0.25, 0.3) is 0 Å². The van der Waals surface area contributed by atoms with Gasteiger partial charge >= 0.3 is 0 Å². The molecule has 0 aromatic heterocycles. The minimum atomic E-state index is 0.299. The van der Waals surface area contributed by atoms with E-state index in [0.717, 1.165) is 24.5 Å². The molecule has 0 saturated heterocycles. The van der Waals surface area contributed by atoms with Crippen molar-refractivity contribution in [3.8, 4) is 11.5 Å². The first-order valence-electron chi connectivity index (χ1n) is 7.96. The van der Waals surface area contributed by atoms with E-state index in [1.165, 1.54) is 25.7 Å². The Kier molecular flexibility index (Phi) is 6.19. The van der Waals surface area contributed by atoms with Crippen molar-refractivity contribution in [1.29, 1.82) is 0 Å². The zero-order valence-corrected chi connectivity index (χ0v) is 12.7. The monoisotopic (exact) mass is 277 g/mol. The first-order valence-corrected chi connectivity index (χ1v) is 7.96. The number of hydrogen-bond donors (Lipinski definition) is 1. The Hall–Kier alpha value is -1.22. The standard InChI is InChI=1S/C17H27NO2/c1-3-13-18-16-7-5-6-8-17(16)20-15-11-9-14(10-12-15)19-4-2/h9-12,16-18H,3-8,13H2,1-2H3. The van der Waals surface area contributed by atoms with Gasteiger partial charge in [-0.05, 0) is 63.4 Å². The summed E-state index contributed by atoms with van der Waals surface area (Å²) in [6.45, 7) is 5.98. The fourth-order valence-corrected chi connectivity index (χ4v) is 2.76. The van der Waals surface area contributed by atoms with Crippen molar-refractivity contribution in [1.82, 2.24) is 5.32 Å². The second-order valence-electron chi connectivity index (χ2n) is 5.41. The molecule has 3 nitrogen and oxygen atoms in total. The molecule has 0 amide bonds. The zero-order chi connectivity index (χ0) is 14.2. The first kappa shape index (κ1) is 15.2. The molecule has 0 spiro atoms. The fourth-order valence-electron chi connectivity index (χ4n) is 2.76. The van der Waals surface area contributed by atoms with Crippen LogP contribution in [-0.4, -0.2) is 25.3 Å². The van der Waals surface area contributed by atoms with Crippen molar-refractivity contribution in [2.45, 2.75) is 58.1 Å². The molecule has 1 aromatic rings. The smallest absolute Gasteiger partial charge is 0.120 e. The van der Waals surface area contributed by atoms with Gasteiger partial charge in [-0.2, -0.15) is 0 Å². The average molecular weight is 277 g/mol. The van der Waals surface area contributed by atoms with Gasteiger partial charge in [-0.3, -0.25) is 0 Å². The van der Waals surface area contributed by atoms with Crippen LogP contribution < -0.4 is 14.8 Å². The van der Waals surface area contributed by atoms with Crippen LogP contribution in [0.15, 0.2) is 24.3 Å². The SMILES string of the molecule is CCCNC1CCCCC1Oc1ccc(OCC)cc1. The predicted molar refractivity (Wildman–Crippen MR) is 82.6 cm³/mol. The summed E-state index contributed by atoms with van der Waals surface area (Å²) in [5.41, 5.74) is 0. The lowest BCUT2D eigenvalue weighted by Crippen LogP contribution is -2.45. The van der Waals surface area contributed by atoms with Crippen molar-refractivity contribution in [2.75, 3.05) is 13.2 Å². The Balaban J connectivity index is 1.91. The maximum Gasteiger partial charge on any atom is 0.120 e. The van der Waals surface area contributed by atoms with E-state index in [2.05, 4.69) is 12.2 Å². The Morgan fingerprint density at radius 3 is 2.45 bits per heavy atom. The number of nitrogens with one attached hydrogen (secondary N) is 1. The summed E-state index contributed by atoms with van der Waals surface area (Å²) >= 11 is 0. The quantitative estimate of drug-likeness (QED) is 0.823. The van der Waals surface area contributed by atoms with Crippen LogP contribution in [0.4, 0.5) is 0 Å². The molecule has 0 radical (unpaired) electrons. The van der Waals surface area contributed by atoms with Crippen molar-refractivity contribution >= 4 is 0 Å². The maximum atomic E-state index is 6.18. The highest BCUT2D eigenvalue weighted by Crippen LogP contribution is 2.25. The topological polar surface area (TPSA) is 30.5 Å². The average Bonchev–Trinajstić information content (AvgIpc) is 2.49. The minimum absolute atomic E-state index is 0.299. The third-order valence-corrected chi connectivity index (χ3v) is 3.78. The van der Waals surface area contributed by atoms with Crippen molar-refractivity contribution < 1.29 is 9.47 Å². The molecule has 2 unspecified atom stereocenters. The lowest BCUT2D eigenvalue weighted by atomic mass is 9.92. The van der Waals surface area contributed by atoms with Gasteiger partial charge in [-0.15, -0.1) is 0 Å². The lowest BCUT2D eigenvalue weighted by molar-refractivity contribution is 0.114. The highest BCUT2D eigenvalue weighted by Gasteiger charge is 2.26. The number of ether oxygens (including phenoxy) is 2. The second kappa shape index (κ2) is 8.15. The third kappa shape index (κ3) is 4.41. The van der Waals surface area contributed by atoms with Crippen LogP contribution in [0.1, 0.15) is 46.0 Å². The Bertz CT molecular complexity index is 377. The number of rotatable bonds is 7. The molecule has 112 valence electrons. The molecule has 1 fully saturated rings. The van der Waals surface area contributed by atoms with E-state index in [4.69, 9.17) is 9.47 Å². The largest absolute Gasteiger partial charge is 0.494 e. The molecule has 0 bridgehead atoms. The van der Waals surface area contributed by atoms with Crippen LogP contribution in [0.5, 0.6) is 11.5 Å². The fraction of sp³-hybridized carbons (Fsp3) is 0.647. The van der Waals surface area contributed by atoms with Crippen molar-refractivity contribution in [2.24, 2.45) is 0 Å². The van der Waals surface area contributed by atoms with Gasteiger partial charge in [0.15, 0.2) is 0 Å². The summed E-state index contributed by atoms with van der Waals surface area (Å²) in [6.07, 6.45) is 6.42. The molecule has 0 aliphatic heterocycles. The maximum absolute atomic E-state index is 6.18. The molecule has 20 heavy (non-hydrogen) atoms. The van der Waals surface area contributed by atoms with E-state index in [9.17, 15) is 0 Å². The molecule has 1 saturated carbocycles. The summed E-state index contributed by atoms with van der Waals surface area (Å²) < 4.78 is 11.6. The van der Waals surface area contributed by atoms with Gasteiger partial charge in [-0.1, -0.05) is 13.3 Å². The Morgan fingerprint density at radius 1 is 1.05 bits per heavy atom. The highest BCUT2D eigenvalue weighted by atomic mass is 16.5. The molecule has 2 rings (SSSR count). The van der Waals surface area contributed by atoms with Crippen LogP contribution in [0.3, 0.4) is 0 Å². The first-order chi connectivity index (χ1) is 9.83. The van der Waals surface area contributed by atoms with Gasteiger partial charge in [0.2, 0.25) is 0 Å². The van der Waals surface area contributed by atoms with Gasteiger partial charge in [0.1, 0.15) is 17.6 Å². The lowest BCUT2D eigenvalue weighted by Gasteiger charge is -2.32. The van der Waals surface area contributed by atoms with Crippen LogP contribution in [0, 0.1) is 0 Å². The van der Waals surface area contributed by atoms with Gasteiger partial charge in [0, 0.05) is 6.04 Å². The van der Waals surface area contributed by atoms with Crippen LogP contribution in [0.2, 0.25) is 0 Å². The summed E-state index contributed by atoms with van der Waals surface area (Å²) in [6, 6.07) is 8.48. The molecule has 1 aliphatic carbocycles. The summed E-state index contributed by atoms with van der Waals surface area (Å²) in [7, 11) is 0. The zero-order valence-electron chi connectivity index (χ0n) is 12.7. The van der Waals surface area contributed by atoms with Crippen molar-refractivity contribution in [3.63, 3.8) is 0 Å². The predicted octanol–water partition coefficient (Wildman–Crippen LogP) is 3.77. The second-order valence-corrected chi connectivity index (χ2v) is 5.41. The van der Waals surface area contributed by atoms with Crippen LogP contribution >= 0.6 is 0 Å². The normalized spacial score (nSPS) is 22.5. The van der Waals surface area contributed by atoms with E-state index in [1.54, 1.807) is 0 Å². The number of hydrogen-bond acceptors (Lipinski definition) is 3. The van der Waals surface area contributed by atoms with Gasteiger partial charge in [0.05, 0.1) is 6.61 Å². The summed E-state index contributed by atoms with van der Waals surface area (Å²) in [5, 5.41) is 3.62. The van der Waals surface area contributed by atoms with E-state index >= 15 is 0 Å².